The van der Waals surface area contributed by atoms with E-state index in [0.717, 1.165) is 54.4 Å². The summed E-state index contributed by atoms with van der Waals surface area (Å²) in [5.74, 6) is 1.78. The van der Waals surface area contributed by atoms with Gasteiger partial charge in [0.05, 0.1) is 6.10 Å². The van der Waals surface area contributed by atoms with Gasteiger partial charge < -0.3 is 15.3 Å². The van der Waals surface area contributed by atoms with Gasteiger partial charge in [-0.05, 0) is 90.2 Å². The summed E-state index contributed by atoms with van der Waals surface area (Å²) >= 11 is 0. The summed E-state index contributed by atoms with van der Waals surface area (Å²) in [4.78, 5) is 0. The van der Waals surface area contributed by atoms with E-state index < -0.39 is 0 Å². The molecule has 4 atom stereocenters. The third-order valence-corrected chi connectivity index (χ3v) is 7.43. The van der Waals surface area contributed by atoms with Crippen LogP contribution >= 0.6 is 0 Å². The Bertz CT molecular complexity index is 902. The average Bonchev–Trinajstić information content (AvgIpc) is 2.76. The Balaban J connectivity index is 1.94. The van der Waals surface area contributed by atoms with Gasteiger partial charge in [0.25, 0.3) is 0 Å². The quantitative estimate of drug-likeness (QED) is 0.503. The van der Waals surface area contributed by atoms with E-state index in [1.54, 1.807) is 0 Å². The molecule has 0 aromatic heterocycles. The molecule has 0 spiro atoms. The monoisotopic (exact) mass is 424 g/mol. The molecule has 3 nitrogen and oxygen atoms in total. The number of aryl methyl sites for hydroxylation is 3. The van der Waals surface area contributed by atoms with Gasteiger partial charge in [0, 0.05) is 6.42 Å². The minimum Gasteiger partial charge on any atom is -0.507 e. The van der Waals surface area contributed by atoms with Crippen LogP contribution in [-0.2, 0) is 25.7 Å². The fourth-order valence-corrected chi connectivity index (χ4v) is 5.42. The minimum atomic E-state index is -0.316. The SMILES string of the molecule is CCc1cc(C)c(O)c(Cc2cc(CC)cc(CC3CC(CC)CC(C)C3O)c2O)c1. The number of hydrogen-bond donors (Lipinski definition) is 3. The molecule has 0 saturated heterocycles. The number of rotatable bonds is 7. The Morgan fingerprint density at radius 1 is 0.839 bits per heavy atom. The maximum absolute atomic E-state index is 11.2. The molecule has 3 rings (SSSR count). The lowest BCUT2D eigenvalue weighted by Crippen LogP contribution is -2.36. The predicted molar refractivity (Wildman–Crippen MR) is 128 cm³/mol. The highest BCUT2D eigenvalue weighted by atomic mass is 16.3. The normalized spacial score (nSPS) is 23.8. The molecule has 1 aliphatic rings. The van der Waals surface area contributed by atoms with Crippen LogP contribution in [0.15, 0.2) is 24.3 Å². The molecule has 0 amide bonds. The maximum atomic E-state index is 11.2. The van der Waals surface area contributed by atoms with Gasteiger partial charge in [-0.3, -0.25) is 0 Å². The molecule has 3 heteroatoms. The fraction of sp³-hybridized carbons (Fsp3) is 0.571. The van der Waals surface area contributed by atoms with Crippen molar-refractivity contribution in [2.24, 2.45) is 17.8 Å². The lowest BCUT2D eigenvalue weighted by Gasteiger charge is -2.38. The van der Waals surface area contributed by atoms with E-state index in [2.05, 4.69) is 45.9 Å². The van der Waals surface area contributed by atoms with Crippen LogP contribution in [0.3, 0.4) is 0 Å². The second-order valence-corrected chi connectivity index (χ2v) is 9.74. The molecule has 31 heavy (non-hydrogen) atoms. The first kappa shape index (κ1) is 23.7. The van der Waals surface area contributed by atoms with Crippen molar-refractivity contribution in [2.75, 3.05) is 0 Å². The van der Waals surface area contributed by atoms with Gasteiger partial charge >= 0.3 is 0 Å². The number of aliphatic hydroxyl groups is 1. The van der Waals surface area contributed by atoms with Gasteiger partial charge in [-0.15, -0.1) is 0 Å². The first-order chi connectivity index (χ1) is 14.8. The number of phenols is 2. The summed E-state index contributed by atoms with van der Waals surface area (Å²) in [6.45, 7) is 10.6. The molecule has 4 unspecified atom stereocenters. The van der Waals surface area contributed by atoms with Gasteiger partial charge in [0.2, 0.25) is 0 Å². The van der Waals surface area contributed by atoms with E-state index in [1.165, 1.54) is 11.1 Å². The Hall–Kier alpha value is -2.00. The van der Waals surface area contributed by atoms with Crippen LogP contribution in [0.4, 0.5) is 0 Å². The predicted octanol–water partition coefficient (Wildman–Crippen LogP) is 6.10. The molecule has 0 aliphatic heterocycles. The summed E-state index contributed by atoms with van der Waals surface area (Å²) < 4.78 is 0. The lowest BCUT2D eigenvalue weighted by atomic mass is 9.71. The van der Waals surface area contributed by atoms with Crippen molar-refractivity contribution in [3.05, 3.63) is 57.6 Å². The van der Waals surface area contributed by atoms with Gasteiger partial charge in [-0.25, -0.2) is 0 Å². The molecule has 1 fully saturated rings. The van der Waals surface area contributed by atoms with Crippen LogP contribution < -0.4 is 0 Å². The summed E-state index contributed by atoms with van der Waals surface area (Å²) in [7, 11) is 0. The highest BCUT2D eigenvalue weighted by Gasteiger charge is 2.34. The molecule has 1 saturated carbocycles. The molecule has 2 aromatic rings. The summed E-state index contributed by atoms with van der Waals surface area (Å²) in [6.07, 6.45) is 5.95. The highest BCUT2D eigenvalue weighted by molar-refractivity contribution is 5.50. The number of aliphatic hydroxyl groups excluding tert-OH is 1. The van der Waals surface area contributed by atoms with E-state index in [4.69, 9.17) is 0 Å². The second-order valence-electron chi connectivity index (χ2n) is 9.74. The van der Waals surface area contributed by atoms with E-state index in [-0.39, 0.29) is 12.0 Å². The van der Waals surface area contributed by atoms with Crippen LogP contribution in [0.2, 0.25) is 0 Å². The summed E-state index contributed by atoms with van der Waals surface area (Å²) in [5, 5.41) is 32.7. The Morgan fingerprint density at radius 2 is 1.42 bits per heavy atom. The zero-order chi connectivity index (χ0) is 22.7. The van der Waals surface area contributed by atoms with E-state index >= 15 is 0 Å². The third kappa shape index (κ3) is 5.26. The summed E-state index contributed by atoms with van der Waals surface area (Å²) in [6, 6.07) is 8.27. The first-order valence-corrected chi connectivity index (χ1v) is 12.1. The molecule has 170 valence electrons. The van der Waals surface area contributed by atoms with E-state index in [0.29, 0.717) is 36.2 Å². The van der Waals surface area contributed by atoms with Crippen molar-refractivity contribution < 1.29 is 15.3 Å². The lowest BCUT2D eigenvalue weighted by molar-refractivity contribution is 0.00285. The molecule has 0 bridgehead atoms. The summed E-state index contributed by atoms with van der Waals surface area (Å²) in [5.41, 5.74) is 5.93. The number of aromatic hydroxyl groups is 2. The first-order valence-electron chi connectivity index (χ1n) is 12.1. The van der Waals surface area contributed by atoms with Crippen LogP contribution in [0.5, 0.6) is 11.5 Å². The largest absolute Gasteiger partial charge is 0.507 e. The zero-order valence-electron chi connectivity index (χ0n) is 19.9. The Labute approximate surface area is 188 Å². The topological polar surface area (TPSA) is 60.7 Å². The Morgan fingerprint density at radius 3 is 2.03 bits per heavy atom. The maximum Gasteiger partial charge on any atom is 0.122 e. The van der Waals surface area contributed by atoms with Gasteiger partial charge in [0.1, 0.15) is 11.5 Å². The smallest absolute Gasteiger partial charge is 0.122 e. The Kier molecular flexibility index (Phi) is 7.69. The van der Waals surface area contributed by atoms with Crippen molar-refractivity contribution in [3.8, 4) is 11.5 Å². The molecule has 1 aliphatic carbocycles. The molecule has 3 N–H and O–H groups in total. The van der Waals surface area contributed by atoms with Crippen molar-refractivity contribution in [1.82, 2.24) is 0 Å². The third-order valence-electron chi connectivity index (χ3n) is 7.43. The van der Waals surface area contributed by atoms with Crippen molar-refractivity contribution >= 4 is 0 Å². The minimum absolute atomic E-state index is 0.179. The molecule has 2 aromatic carbocycles. The second kappa shape index (κ2) is 10.1. The highest BCUT2D eigenvalue weighted by Crippen LogP contribution is 2.39. The van der Waals surface area contributed by atoms with E-state index in [9.17, 15) is 15.3 Å². The van der Waals surface area contributed by atoms with Crippen LogP contribution in [0.1, 0.15) is 80.3 Å². The number of hydrogen-bond acceptors (Lipinski definition) is 3. The van der Waals surface area contributed by atoms with Gasteiger partial charge in [-0.2, -0.15) is 0 Å². The number of phenolic OH excluding ortho intramolecular Hbond substituents is 2. The van der Waals surface area contributed by atoms with Crippen LogP contribution in [0, 0.1) is 24.7 Å². The molecule has 0 heterocycles. The van der Waals surface area contributed by atoms with E-state index in [1.807, 2.05) is 13.0 Å². The van der Waals surface area contributed by atoms with Crippen molar-refractivity contribution in [1.29, 1.82) is 0 Å². The molecule has 0 radical (unpaired) electrons. The average molecular weight is 425 g/mol. The van der Waals surface area contributed by atoms with Gasteiger partial charge in [0.15, 0.2) is 0 Å². The zero-order valence-corrected chi connectivity index (χ0v) is 19.9. The molecular weight excluding hydrogens is 384 g/mol. The van der Waals surface area contributed by atoms with Gasteiger partial charge in [-0.1, -0.05) is 58.4 Å². The number of benzene rings is 2. The van der Waals surface area contributed by atoms with Crippen LogP contribution in [-0.4, -0.2) is 21.4 Å². The van der Waals surface area contributed by atoms with Crippen molar-refractivity contribution in [2.45, 2.75) is 85.7 Å². The molecular formula is C28H40O3. The fourth-order valence-electron chi connectivity index (χ4n) is 5.42. The van der Waals surface area contributed by atoms with Crippen molar-refractivity contribution in [3.63, 3.8) is 0 Å². The van der Waals surface area contributed by atoms with Crippen LogP contribution in [0.25, 0.3) is 0 Å². The standard InChI is InChI=1S/C28H40O3/c1-6-19-9-17(4)26(29)22(11-19)15-24-13-21(8-3)14-25(28(24)31)16-23-12-20(7-2)10-18(5)27(23)30/h9,11,13-14,18,20,23,27,29-31H,6-8,10,12,15-16H2,1-5H3.